The summed E-state index contributed by atoms with van der Waals surface area (Å²) in [5.41, 5.74) is -1.53. The van der Waals surface area contributed by atoms with Crippen molar-refractivity contribution in [3.63, 3.8) is 0 Å². The molecule has 17 heavy (non-hydrogen) atoms. The second-order valence-corrected chi connectivity index (χ2v) is 3.91. The van der Waals surface area contributed by atoms with Gasteiger partial charge in [-0.05, 0) is 22.6 Å². The van der Waals surface area contributed by atoms with Crippen LogP contribution in [0.25, 0.3) is 0 Å². The lowest BCUT2D eigenvalue weighted by Crippen LogP contribution is -2.21. The van der Waals surface area contributed by atoms with E-state index in [1.54, 1.807) is 0 Å². The zero-order valence-electron chi connectivity index (χ0n) is 7.89. The number of pyridine rings is 1. The molecule has 1 rings (SSSR count). The van der Waals surface area contributed by atoms with Gasteiger partial charge in [0.05, 0.1) is 9.26 Å². The summed E-state index contributed by atoms with van der Waals surface area (Å²) in [7, 11) is 0. The first-order valence-electron chi connectivity index (χ1n) is 3.98. The molecule has 0 spiro atoms. The third-order valence-electron chi connectivity index (χ3n) is 1.62. The molecule has 1 aromatic heterocycles. The van der Waals surface area contributed by atoms with E-state index in [4.69, 9.17) is 5.11 Å². The Kier molecular flexibility index (Phi) is 4.11. The Morgan fingerprint density at radius 3 is 2.53 bits per heavy atom. The average molecular weight is 365 g/mol. The van der Waals surface area contributed by atoms with Crippen molar-refractivity contribution in [2.45, 2.75) is 13.0 Å². The topological polar surface area (TPSA) is 59.4 Å². The van der Waals surface area contributed by atoms with Crippen LogP contribution >= 0.6 is 22.6 Å². The molecule has 0 amide bonds. The van der Waals surface area contributed by atoms with Crippen LogP contribution in [0.5, 0.6) is 5.75 Å². The summed E-state index contributed by atoms with van der Waals surface area (Å²) in [6.45, 7) is -1.30. The number of nitrogens with zero attached hydrogens (tertiary/aromatic N) is 1. The standard InChI is InChI=1S/C8H4F4INO3/c9-1-4-5(7(15)16)6(3(13)2-14-4)17-8(10,11)12/h2H,1H2,(H,15,16). The van der Waals surface area contributed by atoms with Crippen molar-refractivity contribution in [3.05, 3.63) is 21.0 Å². The van der Waals surface area contributed by atoms with Crippen LogP contribution in [0.2, 0.25) is 0 Å². The summed E-state index contributed by atoms with van der Waals surface area (Å²) in [6.07, 6.45) is -4.15. The first-order chi connectivity index (χ1) is 7.76. The molecule has 0 aromatic carbocycles. The molecular weight excluding hydrogens is 361 g/mol. The molecule has 0 atom stereocenters. The number of aromatic nitrogens is 1. The van der Waals surface area contributed by atoms with Crippen molar-refractivity contribution >= 4 is 28.6 Å². The van der Waals surface area contributed by atoms with Gasteiger partial charge in [-0.25, -0.2) is 9.18 Å². The molecule has 0 bridgehead atoms. The Balaban J connectivity index is 3.39. The predicted molar refractivity (Wildman–Crippen MR) is 55.4 cm³/mol. The van der Waals surface area contributed by atoms with Gasteiger partial charge in [0.1, 0.15) is 12.2 Å². The molecule has 0 unspecified atom stereocenters. The number of aromatic carboxylic acids is 1. The van der Waals surface area contributed by atoms with Crippen molar-refractivity contribution in [3.8, 4) is 5.75 Å². The Morgan fingerprint density at radius 2 is 2.12 bits per heavy atom. The zero-order valence-corrected chi connectivity index (χ0v) is 10.0. The predicted octanol–water partition coefficient (Wildman–Crippen LogP) is 2.75. The number of alkyl halides is 4. The Hall–Kier alpha value is -1.13. The molecule has 4 nitrogen and oxygen atoms in total. The van der Waals surface area contributed by atoms with E-state index in [0.29, 0.717) is 0 Å². The summed E-state index contributed by atoms with van der Waals surface area (Å²) < 4.78 is 52.0. The van der Waals surface area contributed by atoms with E-state index in [1.165, 1.54) is 22.6 Å². The second kappa shape index (κ2) is 5.02. The Bertz CT molecular complexity index is 449. The van der Waals surface area contributed by atoms with Gasteiger partial charge in [0, 0.05) is 6.20 Å². The van der Waals surface area contributed by atoms with Crippen LogP contribution in [0.3, 0.4) is 0 Å². The van der Waals surface area contributed by atoms with E-state index in [0.717, 1.165) is 6.20 Å². The van der Waals surface area contributed by atoms with Gasteiger partial charge in [0.2, 0.25) is 0 Å². The first-order valence-corrected chi connectivity index (χ1v) is 5.06. The molecule has 0 aliphatic heterocycles. The SMILES string of the molecule is O=C(O)c1c(CF)ncc(I)c1OC(F)(F)F. The van der Waals surface area contributed by atoms with Crippen molar-refractivity contribution in [1.82, 2.24) is 4.98 Å². The van der Waals surface area contributed by atoms with Crippen LogP contribution in [0.4, 0.5) is 17.6 Å². The van der Waals surface area contributed by atoms with Gasteiger partial charge in [-0.1, -0.05) is 0 Å². The maximum atomic E-state index is 12.4. The molecule has 1 N–H and O–H groups in total. The van der Waals surface area contributed by atoms with Crippen molar-refractivity contribution in [2.75, 3.05) is 0 Å². The molecule has 0 aliphatic carbocycles. The van der Waals surface area contributed by atoms with Gasteiger partial charge in [0.25, 0.3) is 0 Å². The first kappa shape index (κ1) is 13.9. The Labute approximate surface area is 106 Å². The number of carboxylic acids is 1. The van der Waals surface area contributed by atoms with Gasteiger partial charge in [0.15, 0.2) is 5.75 Å². The van der Waals surface area contributed by atoms with Crippen LogP contribution in [-0.2, 0) is 6.67 Å². The second-order valence-electron chi connectivity index (χ2n) is 2.74. The number of carbonyl (C=O) groups is 1. The van der Waals surface area contributed by atoms with Crippen LogP contribution in [-0.4, -0.2) is 22.4 Å². The quantitative estimate of drug-likeness (QED) is 0.661. The third-order valence-corrected chi connectivity index (χ3v) is 2.39. The van der Waals surface area contributed by atoms with Gasteiger partial charge in [-0.2, -0.15) is 0 Å². The fourth-order valence-corrected chi connectivity index (χ4v) is 1.56. The molecule has 94 valence electrons. The average Bonchev–Trinajstić information content (AvgIpc) is 2.18. The Morgan fingerprint density at radius 1 is 1.53 bits per heavy atom. The molecule has 9 heteroatoms. The summed E-state index contributed by atoms with van der Waals surface area (Å²) in [6, 6.07) is 0. The van der Waals surface area contributed by atoms with Gasteiger partial charge in [-0.3, -0.25) is 4.98 Å². The zero-order chi connectivity index (χ0) is 13.2. The molecule has 0 radical (unpaired) electrons. The van der Waals surface area contributed by atoms with Gasteiger partial charge in [-0.15, -0.1) is 13.2 Å². The molecule has 0 aliphatic rings. The minimum atomic E-state index is -5.06. The van der Waals surface area contributed by atoms with Crippen LogP contribution < -0.4 is 4.74 Å². The lowest BCUT2D eigenvalue weighted by Gasteiger charge is -2.14. The van der Waals surface area contributed by atoms with E-state index in [1.807, 2.05) is 0 Å². The maximum Gasteiger partial charge on any atom is 0.573 e. The highest BCUT2D eigenvalue weighted by Crippen LogP contribution is 2.32. The largest absolute Gasteiger partial charge is 0.573 e. The fraction of sp³-hybridized carbons (Fsp3) is 0.250. The monoisotopic (exact) mass is 365 g/mol. The van der Waals surface area contributed by atoms with E-state index in [9.17, 15) is 22.4 Å². The summed E-state index contributed by atoms with van der Waals surface area (Å²) in [4.78, 5) is 14.2. The molecular formula is C8H4F4INO3. The lowest BCUT2D eigenvalue weighted by molar-refractivity contribution is -0.275. The number of rotatable bonds is 3. The van der Waals surface area contributed by atoms with E-state index >= 15 is 0 Å². The summed E-state index contributed by atoms with van der Waals surface area (Å²) in [5, 5.41) is 8.74. The molecule has 1 aromatic rings. The number of ether oxygens (including phenoxy) is 1. The fourth-order valence-electron chi connectivity index (χ4n) is 1.05. The number of halogens is 5. The van der Waals surface area contributed by atoms with Gasteiger partial charge < -0.3 is 9.84 Å². The van der Waals surface area contributed by atoms with Crippen molar-refractivity contribution in [2.24, 2.45) is 0 Å². The summed E-state index contributed by atoms with van der Waals surface area (Å²) in [5.74, 6) is -2.68. The number of hydrogen-bond acceptors (Lipinski definition) is 3. The number of carboxylic acid groups (broad SMARTS) is 1. The highest BCUT2D eigenvalue weighted by Gasteiger charge is 2.35. The normalized spacial score (nSPS) is 11.4. The molecule has 0 saturated carbocycles. The highest BCUT2D eigenvalue weighted by atomic mass is 127. The van der Waals surface area contributed by atoms with Crippen LogP contribution in [0.1, 0.15) is 16.1 Å². The minimum absolute atomic E-state index is 0.172. The van der Waals surface area contributed by atoms with Gasteiger partial charge >= 0.3 is 12.3 Å². The molecule has 0 saturated heterocycles. The van der Waals surface area contributed by atoms with E-state index in [2.05, 4.69) is 9.72 Å². The highest BCUT2D eigenvalue weighted by molar-refractivity contribution is 14.1. The summed E-state index contributed by atoms with van der Waals surface area (Å²) >= 11 is 1.42. The number of hydrogen-bond donors (Lipinski definition) is 1. The smallest absolute Gasteiger partial charge is 0.477 e. The van der Waals surface area contributed by atoms with Crippen LogP contribution in [0.15, 0.2) is 6.20 Å². The van der Waals surface area contributed by atoms with E-state index < -0.39 is 36.0 Å². The van der Waals surface area contributed by atoms with Crippen molar-refractivity contribution in [1.29, 1.82) is 0 Å². The van der Waals surface area contributed by atoms with Crippen LogP contribution in [0, 0.1) is 3.57 Å². The van der Waals surface area contributed by atoms with E-state index in [-0.39, 0.29) is 3.57 Å². The molecule has 0 fully saturated rings. The third kappa shape index (κ3) is 3.41. The minimum Gasteiger partial charge on any atom is -0.477 e. The molecule has 1 heterocycles. The maximum absolute atomic E-state index is 12.4. The lowest BCUT2D eigenvalue weighted by atomic mass is 10.2. The van der Waals surface area contributed by atoms with Crippen molar-refractivity contribution < 1.29 is 32.2 Å².